The first-order valence-electron chi connectivity index (χ1n) is 4.89. The van der Waals surface area contributed by atoms with Crippen molar-refractivity contribution in [2.45, 2.75) is 20.8 Å². The van der Waals surface area contributed by atoms with E-state index in [1.807, 2.05) is 26.0 Å². The van der Waals surface area contributed by atoms with Crippen molar-refractivity contribution in [3.8, 4) is 11.4 Å². The normalized spacial score (nSPS) is 10.5. The van der Waals surface area contributed by atoms with E-state index in [1.54, 1.807) is 6.92 Å². The predicted molar refractivity (Wildman–Crippen MR) is 65.0 cm³/mol. The number of aryl methyl sites for hydroxylation is 3. The monoisotopic (exact) mass is 278 g/mol. The minimum Gasteiger partial charge on any atom is -0.131 e. The average Bonchev–Trinajstić information content (AvgIpc) is 2.26. The Morgan fingerprint density at radius 1 is 0.875 bits per heavy atom. The minimum absolute atomic E-state index is 0.560. The first kappa shape index (κ1) is 11.1. The average molecular weight is 279 g/mol. The second-order valence-electron chi connectivity index (χ2n) is 3.69. The van der Waals surface area contributed by atoms with E-state index in [9.17, 15) is 0 Å². The second kappa shape index (κ2) is 4.25. The Bertz CT molecular complexity index is 499. The highest BCUT2D eigenvalue weighted by molar-refractivity contribution is 9.10. The number of aromatic nitrogens is 4. The van der Waals surface area contributed by atoms with Crippen LogP contribution in [0.25, 0.3) is 11.4 Å². The first-order valence-corrected chi connectivity index (χ1v) is 5.68. The van der Waals surface area contributed by atoms with Gasteiger partial charge in [0.15, 0.2) is 5.82 Å². The van der Waals surface area contributed by atoms with Crippen LogP contribution in [0.1, 0.15) is 17.0 Å². The van der Waals surface area contributed by atoms with Crippen LogP contribution in [-0.4, -0.2) is 20.4 Å². The zero-order valence-electron chi connectivity index (χ0n) is 9.32. The summed E-state index contributed by atoms with van der Waals surface area (Å²) in [6.07, 6.45) is 0. The van der Waals surface area contributed by atoms with Crippen LogP contribution in [-0.2, 0) is 0 Å². The molecule has 0 amide bonds. The van der Waals surface area contributed by atoms with Crippen LogP contribution in [0.4, 0.5) is 0 Å². The molecule has 2 rings (SSSR count). The van der Waals surface area contributed by atoms with E-state index < -0.39 is 0 Å². The third-order valence-corrected chi connectivity index (χ3v) is 3.52. The van der Waals surface area contributed by atoms with Crippen molar-refractivity contribution in [1.82, 2.24) is 20.4 Å². The molecule has 0 fully saturated rings. The smallest absolute Gasteiger partial charge is 0.131 e. The third kappa shape index (κ3) is 2.09. The van der Waals surface area contributed by atoms with E-state index in [0.717, 1.165) is 21.2 Å². The highest BCUT2D eigenvalue weighted by Crippen LogP contribution is 2.26. The van der Waals surface area contributed by atoms with Crippen molar-refractivity contribution in [3.63, 3.8) is 0 Å². The molecule has 1 heterocycles. The molecule has 82 valence electrons. The topological polar surface area (TPSA) is 51.6 Å². The van der Waals surface area contributed by atoms with E-state index in [0.29, 0.717) is 11.6 Å². The number of hydrogen-bond donors (Lipinski definition) is 0. The summed E-state index contributed by atoms with van der Waals surface area (Å²) < 4.78 is 1.12. The van der Waals surface area contributed by atoms with Crippen LogP contribution in [0.15, 0.2) is 16.6 Å². The van der Waals surface area contributed by atoms with E-state index in [1.165, 1.54) is 0 Å². The highest BCUT2D eigenvalue weighted by atomic mass is 79.9. The van der Waals surface area contributed by atoms with E-state index in [-0.39, 0.29) is 0 Å². The molecule has 2 aromatic rings. The summed E-state index contributed by atoms with van der Waals surface area (Å²) in [5, 5.41) is 15.8. The van der Waals surface area contributed by atoms with E-state index in [4.69, 9.17) is 0 Å². The molecule has 0 bridgehead atoms. The fourth-order valence-electron chi connectivity index (χ4n) is 1.47. The van der Waals surface area contributed by atoms with Gasteiger partial charge in [-0.1, -0.05) is 15.9 Å². The molecular formula is C11H11BrN4. The maximum absolute atomic E-state index is 4.02. The molecule has 16 heavy (non-hydrogen) atoms. The number of hydrogen-bond acceptors (Lipinski definition) is 4. The molecule has 0 aliphatic rings. The molecular weight excluding hydrogens is 268 g/mol. The van der Waals surface area contributed by atoms with Crippen LogP contribution in [0.2, 0.25) is 0 Å². The largest absolute Gasteiger partial charge is 0.203 e. The zero-order chi connectivity index (χ0) is 11.7. The quantitative estimate of drug-likeness (QED) is 0.805. The highest BCUT2D eigenvalue weighted by Gasteiger charge is 2.07. The van der Waals surface area contributed by atoms with Crippen molar-refractivity contribution in [1.29, 1.82) is 0 Å². The summed E-state index contributed by atoms with van der Waals surface area (Å²) in [5.74, 6) is 1.14. The molecule has 0 saturated carbocycles. The van der Waals surface area contributed by atoms with Crippen LogP contribution in [0, 0.1) is 20.8 Å². The van der Waals surface area contributed by atoms with Crippen molar-refractivity contribution in [2.75, 3.05) is 0 Å². The number of halogens is 1. The molecule has 0 unspecified atom stereocenters. The molecule has 0 radical (unpaired) electrons. The van der Waals surface area contributed by atoms with Crippen molar-refractivity contribution in [3.05, 3.63) is 33.6 Å². The zero-order valence-corrected chi connectivity index (χ0v) is 10.9. The lowest BCUT2D eigenvalue weighted by molar-refractivity contribution is 0.816. The van der Waals surface area contributed by atoms with Gasteiger partial charge in [-0.2, -0.15) is 0 Å². The van der Waals surface area contributed by atoms with E-state index in [2.05, 4.69) is 36.3 Å². The number of rotatable bonds is 1. The fourth-order valence-corrected chi connectivity index (χ4v) is 1.70. The molecule has 0 N–H and O–H groups in total. The van der Waals surface area contributed by atoms with Crippen molar-refractivity contribution < 1.29 is 0 Å². The van der Waals surface area contributed by atoms with E-state index >= 15 is 0 Å². The molecule has 1 aromatic heterocycles. The van der Waals surface area contributed by atoms with Crippen LogP contribution >= 0.6 is 15.9 Å². The summed E-state index contributed by atoms with van der Waals surface area (Å²) in [4.78, 5) is 0. The van der Waals surface area contributed by atoms with Crippen LogP contribution in [0.3, 0.4) is 0 Å². The van der Waals surface area contributed by atoms with Gasteiger partial charge in [0.2, 0.25) is 5.82 Å². The Kier molecular flexibility index (Phi) is 2.96. The molecule has 0 atom stereocenters. The number of nitrogens with zero attached hydrogens (tertiary/aromatic N) is 4. The van der Waals surface area contributed by atoms with Crippen LogP contribution < -0.4 is 0 Å². The Morgan fingerprint density at radius 3 is 1.88 bits per heavy atom. The number of benzene rings is 1. The molecule has 5 heteroatoms. The molecule has 0 aliphatic heterocycles. The van der Waals surface area contributed by atoms with Gasteiger partial charge >= 0.3 is 0 Å². The van der Waals surface area contributed by atoms with Gasteiger partial charge < -0.3 is 0 Å². The molecule has 0 saturated heterocycles. The van der Waals surface area contributed by atoms with Gasteiger partial charge in [-0.05, 0) is 44.0 Å². The van der Waals surface area contributed by atoms with Gasteiger partial charge in [0.25, 0.3) is 0 Å². The molecule has 0 spiro atoms. The summed E-state index contributed by atoms with van der Waals surface area (Å²) in [6.45, 7) is 5.84. The second-order valence-corrected chi connectivity index (χ2v) is 4.49. The van der Waals surface area contributed by atoms with Gasteiger partial charge in [-0.3, -0.25) is 0 Å². The summed E-state index contributed by atoms with van der Waals surface area (Å²) in [5.41, 5.74) is 3.25. The first-order chi connectivity index (χ1) is 7.58. The van der Waals surface area contributed by atoms with Crippen LogP contribution in [0.5, 0.6) is 0 Å². The lowest BCUT2D eigenvalue weighted by Crippen LogP contribution is -1.99. The van der Waals surface area contributed by atoms with Gasteiger partial charge in [0.1, 0.15) is 0 Å². The third-order valence-electron chi connectivity index (χ3n) is 2.27. The van der Waals surface area contributed by atoms with Gasteiger partial charge in [-0.15, -0.1) is 20.4 Å². The summed E-state index contributed by atoms with van der Waals surface area (Å²) in [7, 11) is 0. The standard InChI is InChI=1S/C11H11BrN4/c1-6-4-9(5-7(2)10(6)12)11-15-13-8(3)14-16-11/h4-5H,1-3H3. The molecule has 0 aliphatic carbocycles. The minimum atomic E-state index is 0.560. The Labute approximate surface area is 102 Å². The maximum Gasteiger partial charge on any atom is 0.203 e. The van der Waals surface area contributed by atoms with Gasteiger partial charge in [0.05, 0.1) is 0 Å². The Hall–Kier alpha value is -1.36. The SMILES string of the molecule is Cc1nnc(-c2cc(C)c(Br)c(C)c2)nn1. The Morgan fingerprint density at radius 2 is 1.38 bits per heavy atom. The lowest BCUT2D eigenvalue weighted by atomic mass is 10.1. The summed E-state index contributed by atoms with van der Waals surface area (Å²) in [6, 6.07) is 4.04. The van der Waals surface area contributed by atoms with Crippen molar-refractivity contribution >= 4 is 15.9 Å². The fraction of sp³-hybridized carbons (Fsp3) is 0.273. The summed E-state index contributed by atoms with van der Waals surface area (Å²) >= 11 is 3.53. The molecule has 1 aromatic carbocycles. The lowest BCUT2D eigenvalue weighted by Gasteiger charge is -2.05. The van der Waals surface area contributed by atoms with Gasteiger partial charge in [-0.25, -0.2) is 0 Å². The van der Waals surface area contributed by atoms with Crippen molar-refractivity contribution in [2.24, 2.45) is 0 Å². The predicted octanol–water partition coefficient (Wildman–Crippen LogP) is 2.62. The maximum atomic E-state index is 4.02. The van der Waals surface area contributed by atoms with Gasteiger partial charge in [0, 0.05) is 10.0 Å². The Balaban J connectivity index is 2.52. The molecule has 4 nitrogen and oxygen atoms in total.